The van der Waals surface area contributed by atoms with E-state index >= 15 is 0 Å². The van der Waals surface area contributed by atoms with E-state index in [-0.39, 0.29) is 23.9 Å². The predicted octanol–water partition coefficient (Wildman–Crippen LogP) is 3.13. The zero-order valence-electron chi connectivity index (χ0n) is 13.3. The number of benzene rings is 1. The quantitative estimate of drug-likeness (QED) is 0.902. The standard InChI is InChI=1S/C16H23BrN2O2/c1-6-19(10-14(20)18-16(3,4)5)15(21)12-8-7-11(2)13(17)9-12/h7-9H,6,10H2,1-5H3,(H,18,20). The van der Waals surface area contributed by atoms with Crippen molar-refractivity contribution in [1.82, 2.24) is 10.2 Å². The Morgan fingerprint density at radius 2 is 1.90 bits per heavy atom. The first kappa shape index (κ1) is 17.7. The van der Waals surface area contributed by atoms with Gasteiger partial charge in [-0.2, -0.15) is 0 Å². The molecule has 2 amide bonds. The van der Waals surface area contributed by atoms with Crippen LogP contribution in [0.4, 0.5) is 0 Å². The molecule has 1 aromatic rings. The van der Waals surface area contributed by atoms with Crippen molar-refractivity contribution in [3.05, 3.63) is 33.8 Å². The van der Waals surface area contributed by atoms with Crippen LogP contribution < -0.4 is 5.32 Å². The third kappa shape index (κ3) is 5.50. The Hall–Kier alpha value is -1.36. The van der Waals surface area contributed by atoms with E-state index in [1.165, 1.54) is 4.90 Å². The van der Waals surface area contributed by atoms with E-state index < -0.39 is 0 Å². The zero-order chi connectivity index (χ0) is 16.2. The van der Waals surface area contributed by atoms with Gasteiger partial charge in [-0.05, 0) is 52.3 Å². The SMILES string of the molecule is CCN(CC(=O)NC(C)(C)C)C(=O)c1ccc(C)c(Br)c1. The lowest BCUT2D eigenvalue weighted by Crippen LogP contribution is -2.47. The van der Waals surface area contributed by atoms with Crippen LogP contribution in [0, 0.1) is 6.92 Å². The number of nitrogens with one attached hydrogen (secondary N) is 1. The summed E-state index contributed by atoms with van der Waals surface area (Å²) >= 11 is 3.43. The highest BCUT2D eigenvalue weighted by atomic mass is 79.9. The maximum Gasteiger partial charge on any atom is 0.254 e. The molecule has 0 bridgehead atoms. The largest absolute Gasteiger partial charge is 0.350 e. The van der Waals surface area contributed by atoms with Gasteiger partial charge in [0.1, 0.15) is 0 Å². The summed E-state index contributed by atoms with van der Waals surface area (Å²) < 4.78 is 0.892. The molecule has 5 heteroatoms. The molecule has 0 aliphatic carbocycles. The predicted molar refractivity (Wildman–Crippen MR) is 88.4 cm³/mol. The number of hydrogen-bond donors (Lipinski definition) is 1. The van der Waals surface area contributed by atoms with Crippen molar-refractivity contribution in [2.24, 2.45) is 0 Å². The number of amides is 2. The summed E-state index contributed by atoms with van der Waals surface area (Å²) in [5.74, 6) is -0.286. The third-order valence-electron chi connectivity index (χ3n) is 2.94. The van der Waals surface area contributed by atoms with Gasteiger partial charge in [-0.1, -0.05) is 22.0 Å². The Bertz CT molecular complexity index is 536. The van der Waals surface area contributed by atoms with Crippen molar-refractivity contribution in [2.75, 3.05) is 13.1 Å². The number of halogens is 1. The fraction of sp³-hybridized carbons (Fsp3) is 0.500. The van der Waals surface area contributed by atoms with Crippen molar-refractivity contribution in [2.45, 2.75) is 40.2 Å². The molecule has 1 rings (SSSR count). The first-order valence-corrected chi connectivity index (χ1v) is 7.79. The Balaban J connectivity index is 2.82. The summed E-state index contributed by atoms with van der Waals surface area (Å²) in [5.41, 5.74) is 1.35. The fourth-order valence-electron chi connectivity index (χ4n) is 1.87. The summed E-state index contributed by atoms with van der Waals surface area (Å²) in [7, 11) is 0. The molecule has 1 N–H and O–H groups in total. The van der Waals surface area contributed by atoms with Gasteiger partial charge in [-0.3, -0.25) is 9.59 Å². The van der Waals surface area contributed by atoms with Gasteiger partial charge >= 0.3 is 0 Å². The van der Waals surface area contributed by atoms with E-state index in [1.807, 2.05) is 40.7 Å². The maximum atomic E-state index is 12.5. The topological polar surface area (TPSA) is 49.4 Å². The molecule has 0 aliphatic heterocycles. The van der Waals surface area contributed by atoms with Crippen LogP contribution in [0.2, 0.25) is 0 Å². The number of aryl methyl sites for hydroxylation is 1. The van der Waals surface area contributed by atoms with E-state index in [2.05, 4.69) is 21.2 Å². The lowest BCUT2D eigenvalue weighted by Gasteiger charge is -2.25. The Morgan fingerprint density at radius 1 is 1.29 bits per heavy atom. The van der Waals surface area contributed by atoms with Crippen LogP contribution in [0.15, 0.2) is 22.7 Å². The van der Waals surface area contributed by atoms with E-state index in [0.29, 0.717) is 12.1 Å². The molecule has 21 heavy (non-hydrogen) atoms. The molecule has 116 valence electrons. The van der Waals surface area contributed by atoms with Gasteiger partial charge in [0.2, 0.25) is 5.91 Å². The van der Waals surface area contributed by atoms with Crippen molar-refractivity contribution >= 4 is 27.7 Å². The molecule has 0 radical (unpaired) electrons. The van der Waals surface area contributed by atoms with Crippen LogP contribution in [0.1, 0.15) is 43.6 Å². The highest BCUT2D eigenvalue weighted by molar-refractivity contribution is 9.10. The van der Waals surface area contributed by atoms with Crippen molar-refractivity contribution in [3.63, 3.8) is 0 Å². The van der Waals surface area contributed by atoms with Gasteiger partial charge in [0.15, 0.2) is 0 Å². The van der Waals surface area contributed by atoms with E-state index in [9.17, 15) is 9.59 Å². The van der Waals surface area contributed by atoms with Crippen LogP contribution >= 0.6 is 15.9 Å². The molecule has 0 atom stereocenters. The van der Waals surface area contributed by atoms with Crippen LogP contribution in [0.3, 0.4) is 0 Å². The maximum absolute atomic E-state index is 12.5. The summed E-state index contributed by atoms with van der Waals surface area (Å²) in [5, 5.41) is 2.87. The number of rotatable bonds is 4. The lowest BCUT2D eigenvalue weighted by molar-refractivity contribution is -0.123. The van der Waals surface area contributed by atoms with Crippen LogP contribution in [-0.2, 0) is 4.79 Å². The smallest absolute Gasteiger partial charge is 0.254 e. The second kappa shape index (κ2) is 7.07. The molecule has 0 heterocycles. The van der Waals surface area contributed by atoms with Crippen LogP contribution in [-0.4, -0.2) is 35.3 Å². The first-order chi connectivity index (χ1) is 9.64. The summed E-state index contributed by atoms with van der Waals surface area (Å²) in [6.45, 7) is 10.1. The molecular weight excluding hydrogens is 332 g/mol. The number of likely N-dealkylation sites (N-methyl/N-ethyl adjacent to an activating group) is 1. The molecule has 4 nitrogen and oxygen atoms in total. The lowest BCUT2D eigenvalue weighted by atomic mass is 10.1. The number of nitrogens with zero attached hydrogens (tertiary/aromatic N) is 1. The molecular formula is C16H23BrN2O2. The third-order valence-corrected chi connectivity index (χ3v) is 3.79. The van der Waals surface area contributed by atoms with Gasteiger partial charge in [0, 0.05) is 22.1 Å². The van der Waals surface area contributed by atoms with Gasteiger partial charge < -0.3 is 10.2 Å². The molecule has 0 fully saturated rings. The second-order valence-corrected chi connectivity index (χ2v) is 6.94. The van der Waals surface area contributed by atoms with Crippen molar-refractivity contribution in [1.29, 1.82) is 0 Å². The molecule has 1 aromatic carbocycles. The monoisotopic (exact) mass is 354 g/mol. The molecule has 0 aromatic heterocycles. The first-order valence-electron chi connectivity index (χ1n) is 7.00. The molecule has 0 aliphatic rings. The molecule has 0 unspecified atom stereocenters. The zero-order valence-corrected chi connectivity index (χ0v) is 14.9. The second-order valence-electron chi connectivity index (χ2n) is 6.08. The minimum Gasteiger partial charge on any atom is -0.350 e. The van der Waals surface area contributed by atoms with Gasteiger partial charge in [0.05, 0.1) is 6.54 Å². The normalized spacial score (nSPS) is 11.1. The van der Waals surface area contributed by atoms with Gasteiger partial charge in [0.25, 0.3) is 5.91 Å². The van der Waals surface area contributed by atoms with Crippen LogP contribution in [0.25, 0.3) is 0 Å². The highest BCUT2D eigenvalue weighted by Gasteiger charge is 2.20. The average molecular weight is 355 g/mol. The number of carbonyl (C=O) groups is 2. The van der Waals surface area contributed by atoms with Crippen LogP contribution in [0.5, 0.6) is 0 Å². The molecule has 0 spiro atoms. The Morgan fingerprint density at radius 3 is 2.38 bits per heavy atom. The van der Waals surface area contributed by atoms with E-state index in [1.54, 1.807) is 12.1 Å². The fourth-order valence-corrected chi connectivity index (χ4v) is 2.25. The molecule has 0 saturated carbocycles. The minimum atomic E-state index is -0.299. The van der Waals surface area contributed by atoms with E-state index in [4.69, 9.17) is 0 Å². The van der Waals surface area contributed by atoms with Gasteiger partial charge in [-0.25, -0.2) is 0 Å². The summed E-state index contributed by atoms with van der Waals surface area (Å²) in [4.78, 5) is 26.0. The van der Waals surface area contributed by atoms with Crippen molar-refractivity contribution < 1.29 is 9.59 Å². The summed E-state index contributed by atoms with van der Waals surface area (Å²) in [6, 6.07) is 5.47. The molecule has 0 saturated heterocycles. The van der Waals surface area contributed by atoms with Crippen molar-refractivity contribution in [3.8, 4) is 0 Å². The minimum absolute atomic E-state index is 0.0676. The Labute approximate surface area is 135 Å². The van der Waals surface area contributed by atoms with E-state index in [0.717, 1.165) is 10.0 Å². The Kier molecular flexibility index (Phi) is 5.96. The average Bonchev–Trinajstić information content (AvgIpc) is 2.36. The number of hydrogen-bond acceptors (Lipinski definition) is 2. The summed E-state index contributed by atoms with van der Waals surface area (Å²) in [6.07, 6.45) is 0. The van der Waals surface area contributed by atoms with Gasteiger partial charge in [-0.15, -0.1) is 0 Å². The highest BCUT2D eigenvalue weighted by Crippen LogP contribution is 2.18. The number of carbonyl (C=O) groups excluding carboxylic acids is 2.